The lowest BCUT2D eigenvalue weighted by Crippen LogP contribution is -2.59. The average molecular weight is 285 g/mol. The molecule has 6 nitrogen and oxygen atoms in total. The maximum absolute atomic E-state index is 12.0. The predicted octanol–water partition coefficient (Wildman–Crippen LogP) is 0.538. The fourth-order valence-corrected chi connectivity index (χ4v) is 1.86. The molecule has 102 valence electrons. The maximum Gasteiger partial charge on any atom is 0.278 e. The molecule has 1 heterocycles. The lowest BCUT2D eigenvalue weighted by molar-refractivity contribution is -0.146. The Morgan fingerprint density at radius 3 is 3.00 bits per heavy atom. The molecule has 0 bridgehead atoms. The van der Waals surface area contributed by atoms with E-state index in [4.69, 9.17) is 21.4 Å². The monoisotopic (exact) mass is 284 g/mol. The molecule has 3 N–H and O–H groups in total. The van der Waals surface area contributed by atoms with E-state index in [-0.39, 0.29) is 13.2 Å². The Kier molecular flexibility index (Phi) is 3.64. The van der Waals surface area contributed by atoms with Crippen LogP contribution < -0.4 is 15.4 Å². The van der Waals surface area contributed by atoms with Gasteiger partial charge in [0.25, 0.3) is 17.4 Å². The first-order chi connectivity index (χ1) is 8.97. The molecule has 2 rings (SSSR count). The van der Waals surface area contributed by atoms with Gasteiger partial charge in [0.2, 0.25) is 0 Å². The van der Waals surface area contributed by atoms with Gasteiger partial charge in [-0.3, -0.25) is 9.59 Å². The normalized spacial score (nSPS) is 21.1. The first-order valence-electron chi connectivity index (χ1n) is 5.66. The number of carbonyl (C=O) groups excluding carboxylic acids is 2. The van der Waals surface area contributed by atoms with Crippen LogP contribution in [0, 0.1) is 0 Å². The topological polar surface area (TPSA) is 87.7 Å². The number of aliphatic hydroxyl groups excluding tert-OH is 1. The summed E-state index contributed by atoms with van der Waals surface area (Å²) >= 11 is 5.81. The highest BCUT2D eigenvalue weighted by Crippen LogP contribution is 2.35. The summed E-state index contributed by atoms with van der Waals surface area (Å²) in [6.45, 7) is 1.21. The van der Waals surface area contributed by atoms with Gasteiger partial charge in [-0.25, -0.2) is 0 Å². The molecule has 19 heavy (non-hydrogen) atoms. The Balaban J connectivity index is 2.27. The first kappa shape index (κ1) is 13.6. The standard InChI is InChI=1S/C12H13ClN2O4/c1-12(10(17)14-4-5-16)11(18)15-8-6-7(13)2-3-9(8)19-12/h2-3,6,16H,4-5H2,1H3,(H,14,17)(H,15,18)/t12-/m1/s1. The van der Waals surface area contributed by atoms with Crippen molar-refractivity contribution in [2.45, 2.75) is 12.5 Å². The molecule has 1 aliphatic rings. The van der Waals surface area contributed by atoms with E-state index < -0.39 is 17.4 Å². The average Bonchev–Trinajstić information content (AvgIpc) is 2.37. The molecule has 1 aromatic rings. The molecule has 0 unspecified atom stereocenters. The Morgan fingerprint density at radius 1 is 1.58 bits per heavy atom. The molecule has 0 saturated carbocycles. The van der Waals surface area contributed by atoms with Gasteiger partial charge in [-0.05, 0) is 25.1 Å². The van der Waals surface area contributed by atoms with E-state index in [1.54, 1.807) is 18.2 Å². The number of nitrogens with one attached hydrogen (secondary N) is 2. The van der Waals surface area contributed by atoms with Crippen LogP contribution in [0.15, 0.2) is 18.2 Å². The molecule has 0 spiro atoms. The zero-order valence-electron chi connectivity index (χ0n) is 10.2. The minimum absolute atomic E-state index is 0.0541. The SMILES string of the molecule is C[C@]1(C(=O)NCCO)Oc2ccc(Cl)cc2NC1=O. The number of ether oxygens (including phenoxy) is 1. The second-order valence-corrected chi connectivity index (χ2v) is 4.65. The number of rotatable bonds is 3. The molecule has 0 aliphatic carbocycles. The van der Waals surface area contributed by atoms with Gasteiger partial charge in [0.1, 0.15) is 5.75 Å². The van der Waals surface area contributed by atoms with Crippen LogP contribution in [0.5, 0.6) is 5.75 Å². The van der Waals surface area contributed by atoms with Gasteiger partial charge in [-0.1, -0.05) is 11.6 Å². The number of hydrogen-bond acceptors (Lipinski definition) is 4. The number of hydrogen-bond donors (Lipinski definition) is 3. The minimum Gasteiger partial charge on any atom is -0.466 e. The highest BCUT2D eigenvalue weighted by Gasteiger charge is 2.47. The van der Waals surface area contributed by atoms with E-state index in [1.807, 2.05) is 0 Å². The van der Waals surface area contributed by atoms with Gasteiger partial charge < -0.3 is 20.5 Å². The number of benzene rings is 1. The van der Waals surface area contributed by atoms with Crippen molar-refractivity contribution >= 4 is 29.1 Å². The number of carbonyl (C=O) groups is 2. The van der Waals surface area contributed by atoms with Crippen molar-refractivity contribution in [2.24, 2.45) is 0 Å². The largest absolute Gasteiger partial charge is 0.466 e. The lowest BCUT2D eigenvalue weighted by atomic mass is 10.0. The van der Waals surface area contributed by atoms with E-state index in [0.717, 1.165) is 0 Å². The lowest BCUT2D eigenvalue weighted by Gasteiger charge is -2.33. The second-order valence-electron chi connectivity index (χ2n) is 4.21. The molecule has 1 atom stereocenters. The Labute approximate surface area is 114 Å². The maximum atomic E-state index is 12.0. The van der Waals surface area contributed by atoms with Crippen molar-refractivity contribution < 1.29 is 19.4 Å². The van der Waals surface area contributed by atoms with Gasteiger partial charge in [0.15, 0.2) is 0 Å². The molecule has 7 heteroatoms. The smallest absolute Gasteiger partial charge is 0.278 e. The summed E-state index contributed by atoms with van der Waals surface area (Å²) in [4.78, 5) is 23.9. The molecule has 0 fully saturated rings. The fourth-order valence-electron chi connectivity index (χ4n) is 1.68. The van der Waals surface area contributed by atoms with Crippen LogP contribution in [-0.4, -0.2) is 35.7 Å². The third-order valence-corrected chi connectivity index (χ3v) is 3.00. The molecular formula is C12H13ClN2O4. The van der Waals surface area contributed by atoms with Crippen molar-refractivity contribution in [3.8, 4) is 5.75 Å². The number of halogens is 1. The molecule has 1 aromatic carbocycles. The zero-order valence-corrected chi connectivity index (χ0v) is 11.0. The van der Waals surface area contributed by atoms with E-state index in [0.29, 0.717) is 16.5 Å². The van der Waals surface area contributed by atoms with Crippen LogP contribution in [0.2, 0.25) is 5.02 Å². The molecular weight excluding hydrogens is 272 g/mol. The predicted molar refractivity (Wildman–Crippen MR) is 69.2 cm³/mol. The molecule has 0 aromatic heterocycles. The second kappa shape index (κ2) is 5.07. The van der Waals surface area contributed by atoms with E-state index in [1.165, 1.54) is 6.92 Å². The third kappa shape index (κ3) is 2.50. The third-order valence-electron chi connectivity index (χ3n) is 2.77. The molecule has 2 amide bonds. The van der Waals surface area contributed by atoms with Crippen LogP contribution in [0.25, 0.3) is 0 Å². The highest BCUT2D eigenvalue weighted by atomic mass is 35.5. The van der Waals surface area contributed by atoms with Crippen molar-refractivity contribution in [1.29, 1.82) is 0 Å². The Bertz CT molecular complexity index is 534. The number of anilines is 1. The number of aliphatic hydroxyl groups is 1. The van der Waals surface area contributed by atoms with E-state index in [9.17, 15) is 9.59 Å². The van der Waals surface area contributed by atoms with Gasteiger partial charge in [-0.15, -0.1) is 0 Å². The van der Waals surface area contributed by atoms with Crippen molar-refractivity contribution in [3.63, 3.8) is 0 Å². The van der Waals surface area contributed by atoms with Gasteiger partial charge >= 0.3 is 0 Å². The van der Waals surface area contributed by atoms with E-state index >= 15 is 0 Å². The van der Waals surface area contributed by atoms with Crippen LogP contribution in [0.1, 0.15) is 6.92 Å². The summed E-state index contributed by atoms with van der Waals surface area (Å²) in [5.74, 6) is -0.831. The Hall–Kier alpha value is -1.79. The quantitative estimate of drug-likeness (QED) is 0.707. The highest BCUT2D eigenvalue weighted by molar-refractivity contribution is 6.31. The summed E-state index contributed by atoms with van der Waals surface area (Å²) in [6, 6.07) is 4.72. The number of amides is 2. The minimum atomic E-state index is -1.67. The van der Waals surface area contributed by atoms with Gasteiger partial charge in [0.05, 0.1) is 12.3 Å². The summed E-state index contributed by atoms with van der Waals surface area (Å²) in [5, 5.41) is 14.1. The number of fused-ring (bicyclic) bond motifs is 1. The van der Waals surface area contributed by atoms with Gasteiger partial charge in [-0.2, -0.15) is 0 Å². The van der Waals surface area contributed by atoms with Gasteiger partial charge in [0, 0.05) is 11.6 Å². The van der Waals surface area contributed by atoms with E-state index in [2.05, 4.69) is 10.6 Å². The van der Waals surface area contributed by atoms with Crippen molar-refractivity contribution in [3.05, 3.63) is 23.2 Å². The van der Waals surface area contributed by atoms with Crippen LogP contribution in [0.4, 0.5) is 5.69 Å². The zero-order chi connectivity index (χ0) is 14.0. The van der Waals surface area contributed by atoms with Crippen LogP contribution >= 0.6 is 11.6 Å². The molecule has 0 radical (unpaired) electrons. The Morgan fingerprint density at radius 2 is 2.32 bits per heavy atom. The van der Waals surface area contributed by atoms with Crippen molar-refractivity contribution in [1.82, 2.24) is 5.32 Å². The van der Waals surface area contributed by atoms with Crippen LogP contribution in [-0.2, 0) is 9.59 Å². The molecule has 1 aliphatic heterocycles. The van der Waals surface area contributed by atoms with Crippen molar-refractivity contribution in [2.75, 3.05) is 18.5 Å². The summed E-state index contributed by atoms with van der Waals surface area (Å²) in [6.07, 6.45) is 0. The fraction of sp³-hybridized carbons (Fsp3) is 0.333. The van der Waals surface area contributed by atoms with Crippen LogP contribution in [0.3, 0.4) is 0 Å². The first-order valence-corrected chi connectivity index (χ1v) is 6.04. The summed E-state index contributed by atoms with van der Waals surface area (Å²) < 4.78 is 5.48. The molecule has 0 saturated heterocycles. The summed E-state index contributed by atoms with van der Waals surface area (Å²) in [5.41, 5.74) is -1.25. The summed E-state index contributed by atoms with van der Waals surface area (Å²) in [7, 11) is 0.